The summed E-state index contributed by atoms with van der Waals surface area (Å²) in [7, 11) is -4.05. The van der Waals surface area contributed by atoms with E-state index in [2.05, 4.69) is 5.16 Å². The number of carbonyl (C=O) groups is 1. The third kappa shape index (κ3) is 3.19. The van der Waals surface area contributed by atoms with E-state index in [0.717, 1.165) is 0 Å². The van der Waals surface area contributed by atoms with E-state index in [1.807, 2.05) is 0 Å². The van der Waals surface area contributed by atoms with Crippen molar-refractivity contribution < 1.29 is 17.5 Å². The summed E-state index contributed by atoms with van der Waals surface area (Å²) in [4.78, 5) is 11.8. The summed E-state index contributed by atoms with van der Waals surface area (Å²) in [5.41, 5.74) is 0.986. The minimum absolute atomic E-state index is 0.0295. The van der Waals surface area contributed by atoms with Crippen LogP contribution in [0.15, 0.2) is 51.5 Å². The zero-order valence-electron chi connectivity index (χ0n) is 11.8. The van der Waals surface area contributed by atoms with Gasteiger partial charge in [0, 0.05) is 0 Å². The molecule has 22 heavy (non-hydrogen) atoms. The van der Waals surface area contributed by atoms with Crippen LogP contribution in [0.3, 0.4) is 0 Å². The number of hydrogen-bond donors (Lipinski definition) is 0. The number of oxime groups is 1. The fourth-order valence-corrected chi connectivity index (χ4v) is 3.26. The number of carbonyl (C=O) groups excluding carboxylic acids is 1. The Labute approximate surface area is 138 Å². The molecule has 0 fully saturated rings. The van der Waals surface area contributed by atoms with Crippen LogP contribution in [-0.4, -0.2) is 30.7 Å². The highest BCUT2D eigenvalue weighted by atomic mass is 35.5. The second-order valence-electron chi connectivity index (χ2n) is 4.74. The fourth-order valence-electron chi connectivity index (χ4n) is 1.90. The third-order valence-electron chi connectivity index (χ3n) is 3.35. The molecule has 0 saturated carbocycles. The van der Waals surface area contributed by atoms with E-state index in [1.54, 1.807) is 32.0 Å². The standard InChI is InChI=1S/C14H13Cl2NO4S/c1-8-9(2)14(18)12(16)11(15)13(8)17-21-22(19,20)10-6-4-3-5-7-10/h3-7,11-12H,1-2H3/b17-13+/t11-,12-/m0/s1. The molecule has 1 aromatic carbocycles. The van der Waals surface area contributed by atoms with Gasteiger partial charge in [-0.2, -0.15) is 8.42 Å². The second kappa shape index (κ2) is 6.40. The first-order valence-electron chi connectivity index (χ1n) is 6.32. The Kier molecular flexibility index (Phi) is 4.94. The van der Waals surface area contributed by atoms with Gasteiger partial charge in [0.15, 0.2) is 5.78 Å². The summed E-state index contributed by atoms with van der Waals surface area (Å²) in [6.07, 6.45) is 0. The van der Waals surface area contributed by atoms with Crippen LogP contribution in [0.5, 0.6) is 0 Å². The molecule has 1 aromatic rings. The number of allylic oxidation sites excluding steroid dienone is 2. The van der Waals surface area contributed by atoms with Crippen LogP contribution in [0.1, 0.15) is 13.8 Å². The minimum atomic E-state index is -4.05. The Morgan fingerprint density at radius 3 is 2.23 bits per heavy atom. The number of hydrogen-bond acceptors (Lipinski definition) is 5. The van der Waals surface area contributed by atoms with Crippen LogP contribution >= 0.6 is 23.2 Å². The molecule has 5 nitrogen and oxygen atoms in total. The van der Waals surface area contributed by atoms with Gasteiger partial charge < -0.3 is 0 Å². The molecule has 0 aliphatic heterocycles. The van der Waals surface area contributed by atoms with Crippen molar-refractivity contribution in [3.05, 3.63) is 41.5 Å². The van der Waals surface area contributed by atoms with E-state index in [-0.39, 0.29) is 16.4 Å². The van der Waals surface area contributed by atoms with Gasteiger partial charge in [0.1, 0.15) is 21.4 Å². The summed E-state index contributed by atoms with van der Waals surface area (Å²) >= 11 is 12.0. The normalized spacial score (nSPS) is 24.7. The van der Waals surface area contributed by atoms with Crippen molar-refractivity contribution in [2.45, 2.75) is 29.5 Å². The van der Waals surface area contributed by atoms with E-state index in [9.17, 15) is 13.2 Å². The van der Waals surface area contributed by atoms with E-state index in [4.69, 9.17) is 27.5 Å². The summed E-state index contributed by atoms with van der Waals surface area (Å²) in [5, 5.41) is 1.67. The number of Topliss-reactive ketones (excluding diaryl/α,β-unsaturated/α-hetero) is 1. The Bertz CT molecular complexity index is 756. The fraction of sp³-hybridized carbons (Fsp3) is 0.286. The highest BCUT2D eigenvalue weighted by Gasteiger charge is 2.37. The Balaban J connectivity index is 2.36. The van der Waals surface area contributed by atoms with Crippen molar-refractivity contribution in [1.82, 2.24) is 0 Å². The predicted molar refractivity (Wildman–Crippen MR) is 84.8 cm³/mol. The molecule has 0 amide bonds. The van der Waals surface area contributed by atoms with Crippen molar-refractivity contribution in [2.75, 3.05) is 0 Å². The molecule has 0 aromatic heterocycles. The lowest BCUT2D eigenvalue weighted by Gasteiger charge is -2.24. The first-order chi connectivity index (χ1) is 10.3. The maximum absolute atomic E-state index is 12.0. The van der Waals surface area contributed by atoms with Crippen LogP contribution in [-0.2, 0) is 19.2 Å². The van der Waals surface area contributed by atoms with Crippen molar-refractivity contribution in [1.29, 1.82) is 0 Å². The quantitative estimate of drug-likeness (QED) is 0.612. The van der Waals surface area contributed by atoms with Gasteiger partial charge >= 0.3 is 10.1 Å². The molecule has 2 atom stereocenters. The summed E-state index contributed by atoms with van der Waals surface area (Å²) in [6, 6.07) is 7.59. The highest BCUT2D eigenvalue weighted by molar-refractivity contribution is 7.86. The molecule has 8 heteroatoms. The van der Waals surface area contributed by atoms with E-state index in [1.165, 1.54) is 12.1 Å². The minimum Gasteiger partial charge on any atom is -0.293 e. The first kappa shape index (κ1) is 17.0. The molecule has 0 heterocycles. The summed E-state index contributed by atoms with van der Waals surface area (Å²) < 4.78 is 28.8. The van der Waals surface area contributed by atoms with Gasteiger partial charge in [0.2, 0.25) is 0 Å². The molecular formula is C14H13Cl2NO4S. The zero-order valence-corrected chi connectivity index (χ0v) is 14.1. The molecule has 2 rings (SSSR count). The lowest BCUT2D eigenvalue weighted by molar-refractivity contribution is -0.115. The van der Waals surface area contributed by atoms with Crippen LogP contribution in [0, 0.1) is 0 Å². The lowest BCUT2D eigenvalue weighted by atomic mass is 9.90. The SMILES string of the molecule is CC1=C(C)/C(=N\OS(=O)(=O)c2ccccc2)[C@@H](Cl)[C@H](Cl)C1=O. The van der Waals surface area contributed by atoms with Gasteiger partial charge in [0.25, 0.3) is 0 Å². The number of benzene rings is 1. The largest absolute Gasteiger partial charge is 0.358 e. The van der Waals surface area contributed by atoms with Crippen LogP contribution in [0.2, 0.25) is 0 Å². The van der Waals surface area contributed by atoms with Crippen molar-refractivity contribution in [2.24, 2.45) is 5.16 Å². The number of rotatable bonds is 3. The number of nitrogens with zero attached hydrogens (tertiary/aromatic N) is 1. The number of alkyl halides is 2. The molecule has 1 aliphatic carbocycles. The van der Waals surface area contributed by atoms with Crippen molar-refractivity contribution in [3.63, 3.8) is 0 Å². The predicted octanol–water partition coefficient (Wildman–Crippen LogP) is 2.88. The molecule has 118 valence electrons. The molecule has 0 N–H and O–H groups in total. The van der Waals surface area contributed by atoms with Crippen LogP contribution < -0.4 is 0 Å². The summed E-state index contributed by atoms with van der Waals surface area (Å²) in [5.74, 6) is -0.302. The highest BCUT2D eigenvalue weighted by Crippen LogP contribution is 2.28. The van der Waals surface area contributed by atoms with Gasteiger partial charge in [-0.1, -0.05) is 23.4 Å². The maximum atomic E-state index is 12.0. The monoisotopic (exact) mass is 361 g/mol. The second-order valence-corrected chi connectivity index (χ2v) is 7.21. The van der Waals surface area contributed by atoms with Crippen LogP contribution in [0.25, 0.3) is 0 Å². The van der Waals surface area contributed by atoms with Crippen molar-refractivity contribution >= 4 is 44.8 Å². The Morgan fingerprint density at radius 1 is 1.05 bits per heavy atom. The van der Waals surface area contributed by atoms with Crippen LogP contribution in [0.4, 0.5) is 0 Å². The van der Waals surface area contributed by atoms with Gasteiger partial charge in [-0.3, -0.25) is 9.08 Å². The van der Waals surface area contributed by atoms with Gasteiger partial charge in [-0.25, -0.2) is 0 Å². The zero-order chi connectivity index (χ0) is 16.5. The third-order valence-corrected chi connectivity index (χ3v) is 5.51. The van der Waals surface area contributed by atoms with Gasteiger partial charge in [-0.05, 0) is 37.1 Å². The molecular weight excluding hydrogens is 349 g/mol. The van der Waals surface area contributed by atoms with E-state index in [0.29, 0.717) is 11.1 Å². The molecule has 0 radical (unpaired) electrons. The van der Waals surface area contributed by atoms with Gasteiger partial charge in [-0.15, -0.1) is 23.2 Å². The average Bonchev–Trinajstić information content (AvgIpc) is 2.52. The van der Waals surface area contributed by atoms with Crippen molar-refractivity contribution in [3.8, 4) is 0 Å². The molecule has 0 unspecified atom stereocenters. The Hall–Kier alpha value is -1.37. The molecule has 0 saturated heterocycles. The number of halogens is 2. The molecule has 0 bridgehead atoms. The lowest BCUT2D eigenvalue weighted by Crippen LogP contribution is -2.38. The number of ketones is 1. The van der Waals surface area contributed by atoms with E-state index >= 15 is 0 Å². The van der Waals surface area contributed by atoms with E-state index < -0.39 is 20.9 Å². The smallest absolute Gasteiger partial charge is 0.293 e. The maximum Gasteiger partial charge on any atom is 0.358 e. The Morgan fingerprint density at radius 2 is 1.64 bits per heavy atom. The molecule has 1 aliphatic rings. The molecule has 0 spiro atoms. The first-order valence-corrected chi connectivity index (χ1v) is 8.60. The van der Waals surface area contributed by atoms with Gasteiger partial charge in [0.05, 0.1) is 0 Å². The summed E-state index contributed by atoms with van der Waals surface area (Å²) in [6.45, 7) is 3.19. The topological polar surface area (TPSA) is 72.8 Å². The average molecular weight is 362 g/mol.